The van der Waals surface area contributed by atoms with Gasteiger partial charge in [0, 0.05) is 24.7 Å². The highest BCUT2D eigenvalue weighted by Gasteiger charge is 2.29. The third-order valence-corrected chi connectivity index (χ3v) is 4.33. The summed E-state index contributed by atoms with van der Waals surface area (Å²) < 4.78 is 5.78. The molecule has 0 radical (unpaired) electrons. The number of hydrogen-bond donors (Lipinski definition) is 0. The molecule has 20 heavy (non-hydrogen) atoms. The predicted octanol–water partition coefficient (Wildman–Crippen LogP) is 3.88. The first-order chi connectivity index (χ1) is 9.54. The molecule has 0 saturated carbocycles. The summed E-state index contributed by atoms with van der Waals surface area (Å²) in [6.07, 6.45) is 1.41. The summed E-state index contributed by atoms with van der Waals surface area (Å²) in [7, 11) is 0. The number of benzene rings is 1. The normalized spacial score (nSPS) is 23.6. The van der Waals surface area contributed by atoms with Crippen LogP contribution in [0.15, 0.2) is 24.3 Å². The first kappa shape index (κ1) is 15.8. The largest absolute Gasteiger partial charge is 0.378 e. The molecule has 1 heterocycles. The summed E-state index contributed by atoms with van der Waals surface area (Å²) in [5.41, 5.74) is 1.33. The molecule has 2 rings (SSSR count). The molecule has 2 atom stereocenters. The lowest BCUT2D eigenvalue weighted by atomic mass is 9.99. The van der Waals surface area contributed by atoms with Gasteiger partial charge >= 0.3 is 0 Å². The lowest BCUT2D eigenvalue weighted by Crippen LogP contribution is -2.24. The van der Waals surface area contributed by atoms with Gasteiger partial charge in [0.25, 0.3) is 0 Å². The molecule has 0 spiro atoms. The zero-order valence-electron chi connectivity index (χ0n) is 12.8. The van der Waals surface area contributed by atoms with Gasteiger partial charge < -0.3 is 9.64 Å². The Hall–Kier alpha value is -0.570. The van der Waals surface area contributed by atoms with Crippen LogP contribution >= 0.6 is 11.6 Å². The maximum absolute atomic E-state index is 6.03. The summed E-state index contributed by atoms with van der Waals surface area (Å²) in [6.45, 7) is 10.9. The van der Waals surface area contributed by atoms with Crippen LogP contribution in [0.1, 0.15) is 26.3 Å². The van der Waals surface area contributed by atoms with Gasteiger partial charge in [-0.25, -0.2) is 0 Å². The van der Waals surface area contributed by atoms with Crippen molar-refractivity contribution in [3.63, 3.8) is 0 Å². The van der Waals surface area contributed by atoms with E-state index in [0.29, 0.717) is 12.0 Å². The summed E-state index contributed by atoms with van der Waals surface area (Å²) in [4.78, 5) is 2.56. The maximum atomic E-state index is 6.03. The second-order valence-corrected chi connectivity index (χ2v) is 6.70. The van der Waals surface area contributed by atoms with Crippen LogP contribution in [-0.2, 0) is 11.2 Å². The lowest BCUT2D eigenvalue weighted by Gasteiger charge is -2.17. The number of ether oxygens (including phenoxy) is 1. The van der Waals surface area contributed by atoms with Crippen molar-refractivity contribution in [2.45, 2.75) is 33.3 Å². The molecule has 0 N–H and O–H groups in total. The SMILES string of the molecule is CC(C)OCC1CN(CCc2cccc(Cl)c2)CC1C. The van der Waals surface area contributed by atoms with Crippen molar-refractivity contribution < 1.29 is 4.74 Å². The molecule has 0 aliphatic carbocycles. The molecule has 1 fully saturated rings. The molecule has 2 unspecified atom stereocenters. The Kier molecular flexibility index (Phi) is 5.88. The molecule has 2 nitrogen and oxygen atoms in total. The van der Waals surface area contributed by atoms with Crippen LogP contribution in [0, 0.1) is 11.8 Å². The molecule has 1 aromatic carbocycles. The van der Waals surface area contributed by atoms with Crippen LogP contribution in [0.5, 0.6) is 0 Å². The van der Waals surface area contributed by atoms with E-state index in [0.717, 1.165) is 37.1 Å². The lowest BCUT2D eigenvalue weighted by molar-refractivity contribution is 0.0455. The van der Waals surface area contributed by atoms with Crippen molar-refractivity contribution in [2.24, 2.45) is 11.8 Å². The Bertz CT molecular complexity index is 421. The molecule has 1 aromatic rings. The minimum absolute atomic E-state index is 0.336. The van der Waals surface area contributed by atoms with Gasteiger partial charge in [0.1, 0.15) is 0 Å². The number of likely N-dealkylation sites (tertiary alicyclic amines) is 1. The van der Waals surface area contributed by atoms with Crippen LogP contribution in [0.3, 0.4) is 0 Å². The predicted molar refractivity (Wildman–Crippen MR) is 85.3 cm³/mol. The Balaban J connectivity index is 1.77. The first-order valence-corrected chi connectivity index (χ1v) is 8.01. The van der Waals surface area contributed by atoms with Gasteiger partial charge in [-0.05, 0) is 49.8 Å². The molecule has 1 saturated heterocycles. The third-order valence-electron chi connectivity index (χ3n) is 4.09. The summed E-state index contributed by atoms with van der Waals surface area (Å²) in [5, 5.41) is 0.834. The van der Waals surface area contributed by atoms with Crippen molar-refractivity contribution in [2.75, 3.05) is 26.2 Å². The summed E-state index contributed by atoms with van der Waals surface area (Å²) in [5.74, 6) is 1.41. The van der Waals surface area contributed by atoms with Crippen LogP contribution in [0.25, 0.3) is 0 Å². The second-order valence-electron chi connectivity index (χ2n) is 6.26. The fraction of sp³-hybridized carbons (Fsp3) is 0.647. The highest BCUT2D eigenvalue weighted by Crippen LogP contribution is 2.24. The second kappa shape index (κ2) is 7.44. The summed E-state index contributed by atoms with van der Waals surface area (Å²) in [6, 6.07) is 8.19. The van der Waals surface area contributed by atoms with E-state index in [4.69, 9.17) is 16.3 Å². The zero-order chi connectivity index (χ0) is 14.5. The van der Waals surface area contributed by atoms with E-state index in [9.17, 15) is 0 Å². The third kappa shape index (κ3) is 4.76. The van der Waals surface area contributed by atoms with E-state index in [2.05, 4.69) is 37.8 Å². The fourth-order valence-electron chi connectivity index (χ4n) is 2.84. The Morgan fingerprint density at radius 2 is 2.15 bits per heavy atom. The molecule has 0 amide bonds. The van der Waals surface area contributed by atoms with E-state index >= 15 is 0 Å². The van der Waals surface area contributed by atoms with Crippen molar-refractivity contribution in [3.8, 4) is 0 Å². The van der Waals surface area contributed by atoms with Crippen molar-refractivity contribution >= 4 is 11.6 Å². The fourth-order valence-corrected chi connectivity index (χ4v) is 3.05. The minimum atomic E-state index is 0.336. The Morgan fingerprint density at radius 1 is 1.35 bits per heavy atom. The van der Waals surface area contributed by atoms with E-state index in [1.165, 1.54) is 12.1 Å². The smallest absolute Gasteiger partial charge is 0.0519 e. The van der Waals surface area contributed by atoms with Crippen molar-refractivity contribution in [1.82, 2.24) is 4.90 Å². The zero-order valence-corrected chi connectivity index (χ0v) is 13.6. The van der Waals surface area contributed by atoms with Crippen molar-refractivity contribution in [1.29, 1.82) is 0 Å². The van der Waals surface area contributed by atoms with Gasteiger partial charge in [-0.2, -0.15) is 0 Å². The topological polar surface area (TPSA) is 12.5 Å². The van der Waals surface area contributed by atoms with Crippen LogP contribution < -0.4 is 0 Å². The van der Waals surface area contributed by atoms with E-state index in [1.54, 1.807) is 0 Å². The van der Waals surface area contributed by atoms with Gasteiger partial charge in [-0.3, -0.25) is 0 Å². The van der Waals surface area contributed by atoms with Gasteiger partial charge in [0.05, 0.1) is 12.7 Å². The van der Waals surface area contributed by atoms with E-state index < -0.39 is 0 Å². The Labute approximate surface area is 128 Å². The van der Waals surface area contributed by atoms with Gasteiger partial charge in [-0.15, -0.1) is 0 Å². The number of halogens is 1. The number of hydrogen-bond acceptors (Lipinski definition) is 2. The van der Waals surface area contributed by atoms with Crippen LogP contribution in [0.2, 0.25) is 5.02 Å². The molecule has 3 heteroatoms. The Morgan fingerprint density at radius 3 is 2.85 bits per heavy atom. The number of nitrogens with zero attached hydrogens (tertiary/aromatic N) is 1. The van der Waals surface area contributed by atoms with Gasteiger partial charge in [-0.1, -0.05) is 30.7 Å². The molecule has 1 aliphatic heterocycles. The molecule has 0 bridgehead atoms. The van der Waals surface area contributed by atoms with Gasteiger partial charge in [0.2, 0.25) is 0 Å². The minimum Gasteiger partial charge on any atom is -0.378 e. The average molecular weight is 296 g/mol. The maximum Gasteiger partial charge on any atom is 0.0519 e. The van der Waals surface area contributed by atoms with Gasteiger partial charge in [0.15, 0.2) is 0 Å². The van der Waals surface area contributed by atoms with Crippen LogP contribution in [0.4, 0.5) is 0 Å². The first-order valence-electron chi connectivity index (χ1n) is 7.63. The van der Waals surface area contributed by atoms with Crippen LogP contribution in [-0.4, -0.2) is 37.2 Å². The molecule has 1 aliphatic rings. The summed E-state index contributed by atoms with van der Waals surface area (Å²) >= 11 is 6.03. The standard InChI is InChI=1S/C17H26ClNO/c1-13(2)20-12-16-11-19(10-14(16)3)8-7-15-5-4-6-17(18)9-15/h4-6,9,13-14,16H,7-8,10-12H2,1-3H3. The molecular weight excluding hydrogens is 270 g/mol. The highest BCUT2D eigenvalue weighted by atomic mass is 35.5. The quantitative estimate of drug-likeness (QED) is 0.790. The van der Waals surface area contributed by atoms with E-state index in [1.807, 2.05) is 12.1 Å². The van der Waals surface area contributed by atoms with Crippen molar-refractivity contribution in [3.05, 3.63) is 34.9 Å². The molecule has 112 valence electrons. The van der Waals surface area contributed by atoms with E-state index in [-0.39, 0.29) is 0 Å². The monoisotopic (exact) mass is 295 g/mol. The highest BCUT2D eigenvalue weighted by molar-refractivity contribution is 6.30. The molecular formula is C17H26ClNO. The number of rotatable bonds is 6. The average Bonchev–Trinajstić information content (AvgIpc) is 2.75. The molecule has 0 aromatic heterocycles.